The average molecular weight is 366 g/mol. The maximum absolute atomic E-state index is 11.0. The van der Waals surface area contributed by atoms with Crippen molar-refractivity contribution in [2.24, 2.45) is 0 Å². The summed E-state index contributed by atoms with van der Waals surface area (Å²) in [4.78, 5) is 15.6. The molecule has 2 heterocycles. The number of nitro benzene ring substituents is 1. The van der Waals surface area contributed by atoms with Crippen LogP contribution in [0.15, 0.2) is 18.2 Å². The summed E-state index contributed by atoms with van der Waals surface area (Å²) in [6.45, 7) is 6.54. The lowest BCUT2D eigenvalue weighted by Crippen LogP contribution is -2.51. The summed E-state index contributed by atoms with van der Waals surface area (Å²) in [6.07, 6.45) is 4.42. The van der Waals surface area contributed by atoms with Crippen LogP contribution >= 0.6 is 11.9 Å². The number of anilines is 1. The topological polar surface area (TPSA) is 62.1 Å². The van der Waals surface area contributed by atoms with E-state index in [9.17, 15) is 10.1 Å². The number of benzene rings is 1. The van der Waals surface area contributed by atoms with Crippen molar-refractivity contribution in [1.29, 1.82) is 0 Å². The minimum atomic E-state index is -0.400. The van der Waals surface area contributed by atoms with Crippen LogP contribution in [0.1, 0.15) is 12.8 Å². The number of piperidine rings is 1. The quantitative estimate of drug-likeness (QED) is 0.451. The second kappa shape index (κ2) is 8.25. The average Bonchev–Trinajstić information content (AvgIpc) is 2.67. The summed E-state index contributed by atoms with van der Waals surface area (Å²) in [6, 6.07) is 5.82. The third kappa shape index (κ3) is 4.19. The first kappa shape index (κ1) is 18.3. The number of hydrogen-bond donors (Lipinski definition) is 0. The highest BCUT2D eigenvalue weighted by molar-refractivity contribution is 7.96. The third-order valence-electron chi connectivity index (χ3n) is 5.24. The van der Waals surface area contributed by atoms with E-state index < -0.39 is 4.92 Å². The van der Waals surface area contributed by atoms with Gasteiger partial charge in [0.05, 0.1) is 12.0 Å². The first-order valence-electron chi connectivity index (χ1n) is 8.73. The minimum Gasteiger partial charge on any atom is -0.490 e. The van der Waals surface area contributed by atoms with E-state index in [2.05, 4.69) is 20.4 Å². The van der Waals surface area contributed by atoms with Crippen LogP contribution in [0, 0.1) is 10.1 Å². The number of rotatable bonds is 5. The number of methoxy groups -OCH3 is 1. The van der Waals surface area contributed by atoms with Crippen LogP contribution in [0.4, 0.5) is 11.4 Å². The van der Waals surface area contributed by atoms with E-state index in [-0.39, 0.29) is 5.69 Å². The zero-order chi connectivity index (χ0) is 17.8. The van der Waals surface area contributed by atoms with Gasteiger partial charge in [-0.2, -0.15) is 0 Å². The van der Waals surface area contributed by atoms with Crippen LogP contribution in [0.3, 0.4) is 0 Å². The third-order valence-corrected chi connectivity index (χ3v) is 6.12. The van der Waals surface area contributed by atoms with E-state index in [0.29, 0.717) is 11.8 Å². The van der Waals surface area contributed by atoms with Gasteiger partial charge >= 0.3 is 5.69 Å². The summed E-state index contributed by atoms with van der Waals surface area (Å²) in [5.41, 5.74) is 1.03. The number of nitrogens with zero attached hydrogens (tertiary/aromatic N) is 4. The van der Waals surface area contributed by atoms with E-state index >= 15 is 0 Å². The summed E-state index contributed by atoms with van der Waals surface area (Å²) in [5, 5.41) is 11.0. The smallest absolute Gasteiger partial charge is 0.311 e. The van der Waals surface area contributed by atoms with Crippen LogP contribution in [0.25, 0.3) is 0 Å². The van der Waals surface area contributed by atoms with Crippen molar-refractivity contribution in [2.75, 3.05) is 57.5 Å². The number of hydrogen-bond acceptors (Lipinski definition) is 7. The molecule has 0 saturated carbocycles. The second-order valence-corrected chi connectivity index (χ2v) is 7.36. The zero-order valence-electron chi connectivity index (χ0n) is 14.9. The van der Waals surface area contributed by atoms with Crippen LogP contribution in [-0.4, -0.2) is 72.8 Å². The lowest BCUT2D eigenvalue weighted by atomic mass is 10.0. The summed E-state index contributed by atoms with van der Waals surface area (Å²) in [5.74, 6) is 0.331. The molecule has 0 N–H and O–H groups in total. The molecular weight excluding hydrogens is 340 g/mol. The van der Waals surface area contributed by atoms with Crippen molar-refractivity contribution in [3.63, 3.8) is 0 Å². The molecule has 0 spiro atoms. The molecule has 0 unspecified atom stereocenters. The highest BCUT2D eigenvalue weighted by Gasteiger charge is 2.28. The van der Waals surface area contributed by atoms with E-state index in [1.54, 1.807) is 12.1 Å². The molecule has 0 atom stereocenters. The van der Waals surface area contributed by atoms with Crippen molar-refractivity contribution < 1.29 is 9.66 Å². The van der Waals surface area contributed by atoms with Crippen molar-refractivity contribution in [1.82, 2.24) is 9.21 Å². The molecular formula is C17H26N4O3S. The van der Waals surface area contributed by atoms with Gasteiger partial charge in [0, 0.05) is 63.1 Å². The van der Waals surface area contributed by atoms with Gasteiger partial charge in [0.25, 0.3) is 0 Å². The molecule has 138 valence electrons. The van der Waals surface area contributed by atoms with E-state index in [4.69, 9.17) is 4.74 Å². The molecule has 8 heteroatoms. The van der Waals surface area contributed by atoms with Crippen LogP contribution in [0.5, 0.6) is 5.75 Å². The van der Waals surface area contributed by atoms with Gasteiger partial charge in [0.1, 0.15) is 0 Å². The fourth-order valence-corrected chi connectivity index (χ4v) is 4.28. The maximum atomic E-state index is 11.0. The summed E-state index contributed by atoms with van der Waals surface area (Å²) < 4.78 is 7.62. The summed E-state index contributed by atoms with van der Waals surface area (Å²) in [7, 11) is 1.48. The predicted molar refractivity (Wildman–Crippen MR) is 102 cm³/mol. The number of piperazine rings is 1. The first-order valence-corrected chi connectivity index (χ1v) is 9.91. The standard InChI is InChI=1S/C17H26N4O3S/c1-24-17-13-15(3-4-16(17)21(22)23)18-7-5-14(6-8-18)19-9-11-20(25-2)12-10-19/h3-4,13-14H,5-12H2,1-2H3. The fourth-order valence-electron chi connectivity index (χ4n) is 3.75. The van der Waals surface area contributed by atoms with Gasteiger partial charge in [-0.3, -0.25) is 15.0 Å². The van der Waals surface area contributed by atoms with Crippen molar-refractivity contribution in [3.05, 3.63) is 28.3 Å². The van der Waals surface area contributed by atoms with Crippen LogP contribution in [0.2, 0.25) is 0 Å². The highest BCUT2D eigenvalue weighted by atomic mass is 32.2. The molecule has 2 saturated heterocycles. The Kier molecular flexibility index (Phi) is 6.03. The molecule has 7 nitrogen and oxygen atoms in total. The predicted octanol–water partition coefficient (Wildman–Crippen LogP) is 2.47. The fraction of sp³-hybridized carbons (Fsp3) is 0.647. The Balaban J connectivity index is 1.58. The van der Waals surface area contributed by atoms with Gasteiger partial charge < -0.3 is 9.64 Å². The van der Waals surface area contributed by atoms with Gasteiger partial charge in [0.2, 0.25) is 0 Å². The van der Waals surface area contributed by atoms with Gasteiger partial charge in [-0.15, -0.1) is 0 Å². The first-order chi connectivity index (χ1) is 12.1. The highest BCUT2D eigenvalue weighted by Crippen LogP contribution is 2.33. The normalized spacial score (nSPS) is 20.6. The molecule has 2 aliphatic rings. The SMILES string of the molecule is COc1cc(N2CCC(N3CCN(SC)CC3)CC2)ccc1[N+](=O)[O-]. The molecule has 0 radical (unpaired) electrons. The van der Waals surface area contributed by atoms with Crippen molar-refractivity contribution in [2.45, 2.75) is 18.9 Å². The monoisotopic (exact) mass is 366 g/mol. The molecule has 0 aliphatic carbocycles. The van der Waals surface area contributed by atoms with Gasteiger partial charge in [-0.25, -0.2) is 4.31 Å². The number of ether oxygens (including phenoxy) is 1. The Morgan fingerprint density at radius 2 is 1.84 bits per heavy atom. The number of nitro groups is 1. The van der Waals surface area contributed by atoms with E-state index in [0.717, 1.165) is 57.8 Å². The summed E-state index contributed by atoms with van der Waals surface area (Å²) >= 11 is 1.84. The zero-order valence-corrected chi connectivity index (χ0v) is 15.7. The van der Waals surface area contributed by atoms with Gasteiger partial charge in [-0.05, 0) is 25.2 Å². The molecule has 25 heavy (non-hydrogen) atoms. The molecule has 0 bridgehead atoms. The van der Waals surface area contributed by atoms with E-state index in [1.807, 2.05) is 18.0 Å². The van der Waals surface area contributed by atoms with E-state index in [1.165, 1.54) is 7.11 Å². The molecule has 0 aromatic heterocycles. The van der Waals surface area contributed by atoms with Crippen LogP contribution in [-0.2, 0) is 0 Å². The van der Waals surface area contributed by atoms with Gasteiger partial charge in [0.15, 0.2) is 5.75 Å². The molecule has 3 rings (SSSR count). The molecule has 1 aromatic carbocycles. The largest absolute Gasteiger partial charge is 0.490 e. The lowest BCUT2D eigenvalue weighted by molar-refractivity contribution is -0.385. The van der Waals surface area contributed by atoms with Crippen molar-refractivity contribution >= 4 is 23.3 Å². The Labute approximate surface area is 153 Å². The Bertz CT molecular complexity index is 600. The molecule has 2 fully saturated rings. The second-order valence-electron chi connectivity index (χ2n) is 6.48. The van der Waals surface area contributed by atoms with Crippen LogP contribution < -0.4 is 9.64 Å². The van der Waals surface area contributed by atoms with Gasteiger partial charge in [-0.1, -0.05) is 11.9 Å². The molecule has 1 aromatic rings. The van der Waals surface area contributed by atoms with Crippen molar-refractivity contribution in [3.8, 4) is 5.75 Å². The minimum absolute atomic E-state index is 0.0211. The lowest BCUT2D eigenvalue weighted by Gasteiger charge is -2.42. The molecule has 0 amide bonds. The Hall–Kier alpha value is -1.51. The molecule has 2 aliphatic heterocycles. The Morgan fingerprint density at radius 3 is 2.40 bits per heavy atom. The Morgan fingerprint density at radius 1 is 1.16 bits per heavy atom. The maximum Gasteiger partial charge on any atom is 0.311 e.